The first-order valence-corrected chi connectivity index (χ1v) is 6.04. The second-order valence-electron chi connectivity index (χ2n) is 3.99. The lowest BCUT2D eigenvalue weighted by molar-refractivity contribution is 1.00. The molecule has 2 nitrogen and oxygen atoms in total. The summed E-state index contributed by atoms with van der Waals surface area (Å²) >= 11 is 5.83. The van der Waals surface area contributed by atoms with Crippen LogP contribution in [0.4, 0.5) is 0 Å². The second-order valence-corrected chi connectivity index (χ2v) is 4.43. The maximum absolute atomic E-state index is 5.83. The van der Waals surface area contributed by atoms with Crippen LogP contribution >= 0.6 is 11.6 Å². The Morgan fingerprint density at radius 2 is 2.06 bits per heavy atom. The van der Waals surface area contributed by atoms with Crippen molar-refractivity contribution in [3.05, 3.63) is 58.6 Å². The number of halogens is 1. The Bertz CT molecular complexity index is 497. The normalized spacial score (nSPS) is 11.2. The molecular formula is C14H15ClN2. The van der Waals surface area contributed by atoms with Gasteiger partial charge in [-0.1, -0.05) is 29.8 Å². The molecule has 0 amide bonds. The number of benzene rings is 1. The van der Waals surface area contributed by atoms with Crippen LogP contribution in [0.5, 0.6) is 0 Å². The van der Waals surface area contributed by atoms with Crippen LogP contribution in [0.3, 0.4) is 0 Å². The molecule has 0 aliphatic heterocycles. The molecule has 2 rings (SSSR count). The van der Waals surface area contributed by atoms with E-state index in [0.29, 0.717) is 0 Å². The van der Waals surface area contributed by atoms with E-state index in [1.807, 2.05) is 25.3 Å². The first-order chi connectivity index (χ1) is 8.24. The van der Waals surface area contributed by atoms with Crippen LogP contribution in [0.25, 0.3) is 6.08 Å². The minimum atomic E-state index is 0.789. The Hall–Kier alpha value is -1.54. The standard InChI is InChI=1S/C14H15ClN2/c1-11-16-10-14(17-11)5-3-2-4-12-6-8-13(15)9-7-12/h3,5-10H,2,4H2,1H3,(H,16,17)/b5-3+. The highest BCUT2D eigenvalue weighted by Crippen LogP contribution is 2.11. The van der Waals surface area contributed by atoms with Gasteiger partial charge in [-0.05, 0) is 43.5 Å². The highest BCUT2D eigenvalue weighted by molar-refractivity contribution is 6.30. The van der Waals surface area contributed by atoms with Crippen molar-refractivity contribution in [2.24, 2.45) is 0 Å². The third-order valence-electron chi connectivity index (χ3n) is 2.53. The van der Waals surface area contributed by atoms with Crippen LogP contribution in [-0.2, 0) is 6.42 Å². The van der Waals surface area contributed by atoms with Gasteiger partial charge >= 0.3 is 0 Å². The maximum Gasteiger partial charge on any atom is 0.103 e. The Kier molecular flexibility index (Phi) is 3.99. The first-order valence-electron chi connectivity index (χ1n) is 5.66. The van der Waals surface area contributed by atoms with Gasteiger partial charge in [-0.25, -0.2) is 4.98 Å². The number of hydrogen-bond donors (Lipinski definition) is 1. The number of nitrogens with zero attached hydrogens (tertiary/aromatic N) is 1. The van der Waals surface area contributed by atoms with Gasteiger partial charge in [0.2, 0.25) is 0 Å². The van der Waals surface area contributed by atoms with Crippen LogP contribution in [0.15, 0.2) is 36.5 Å². The summed E-state index contributed by atoms with van der Waals surface area (Å²) in [5.41, 5.74) is 2.36. The fourth-order valence-electron chi connectivity index (χ4n) is 1.64. The lowest BCUT2D eigenvalue weighted by Gasteiger charge is -1.97. The molecule has 1 aromatic heterocycles. The van der Waals surface area contributed by atoms with E-state index < -0.39 is 0 Å². The molecule has 1 N–H and O–H groups in total. The summed E-state index contributed by atoms with van der Waals surface area (Å²) in [5, 5.41) is 0.789. The van der Waals surface area contributed by atoms with E-state index >= 15 is 0 Å². The van der Waals surface area contributed by atoms with Crippen molar-refractivity contribution in [2.45, 2.75) is 19.8 Å². The van der Waals surface area contributed by atoms with Crippen molar-refractivity contribution >= 4 is 17.7 Å². The fourth-order valence-corrected chi connectivity index (χ4v) is 1.76. The van der Waals surface area contributed by atoms with E-state index in [-0.39, 0.29) is 0 Å². The molecule has 0 unspecified atom stereocenters. The quantitative estimate of drug-likeness (QED) is 0.867. The minimum Gasteiger partial charge on any atom is -0.343 e. The van der Waals surface area contributed by atoms with Crippen molar-refractivity contribution in [1.29, 1.82) is 0 Å². The van der Waals surface area contributed by atoms with Gasteiger partial charge in [-0.3, -0.25) is 0 Å². The van der Waals surface area contributed by atoms with E-state index in [1.54, 1.807) is 0 Å². The minimum absolute atomic E-state index is 0.789. The number of imidazole rings is 1. The molecule has 0 fully saturated rings. The van der Waals surface area contributed by atoms with Gasteiger partial charge < -0.3 is 4.98 Å². The zero-order valence-electron chi connectivity index (χ0n) is 9.78. The summed E-state index contributed by atoms with van der Waals surface area (Å²) in [7, 11) is 0. The Labute approximate surface area is 106 Å². The molecule has 1 heterocycles. The smallest absolute Gasteiger partial charge is 0.103 e. The van der Waals surface area contributed by atoms with Gasteiger partial charge in [0.15, 0.2) is 0 Å². The maximum atomic E-state index is 5.83. The van der Waals surface area contributed by atoms with Gasteiger partial charge in [0.05, 0.1) is 11.9 Å². The number of nitrogens with one attached hydrogen (secondary N) is 1. The number of aryl methyl sites for hydroxylation is 2. The number of aromatic amines is 1. The zero-order valence-corrected chi connectivity index (χ0v) is 10.5. The Morgan fingerprint density at radius 3 is 2.71 bits per heavy atom. The first kappa shape index (κ1) is 11.9. The van der Waals surface area contributed by atoms with E-state index in [4.69, 9.17) is 11.6 Å². The summed E-state index contributed by atoms with van der Waals surface area (Å²) < 4.78 is 0. The Morgan fingerprint density at radius 1 is 1.29 bits per heavy atom. The summed E-state index contributed by atoms with van der Waals surface area (Å²) in [6.45, 7) is 1.95. The molecule has 0 bridgehead atoms. The van der Waals surface area contributed by atoms with E-state index in [0.717, 1.165) is 29.4 Å². The monoisotopic (exact) mass is 246 g/mol. The van der Waals surface area contributed by atoms with Gasteiger partial charge in [0.25, 0.3) is 0 Å². The second kappa shape index (κ2) is 5.69. The van der Waals surface area contributed by atoms with Crippen molar-refractivity contribution in [3.8, 4) is 0 Å². The summed E-state index contributed by atoms with van der Waals surface area (Å²) in [4.78, 5) is 7.31. The van der Waals surface area contributed by atoms with Gasteiger partial charge in [0.1, 0.15) is 5.82 Å². The molecule has 0 saturated carbocycles. The van der Waals surface area contributed by atoms with Crippen molar-refractivity contribution in [2.75, 3.05) is 0 Å². The van der Waals surface area contributed by atoms with Gasteiger partial charge in [-0.2, -0.15) is 0 Å². The van der Waals surface area contributed by atoms with Crippen LogP contribution < -0.4 is 0 Å². The highest BCUT2D eigenvalue weighted by atomic mass is 35.5. The molecule has 0 aliphatic carbocycles. The fraction of sp³-hybridized carbons (Fsp3) is 0.214. The molecular weight excluding hydrogens is 232 g/mol. The predicted octanol–water partition coefficient (Wildman–Crippen LogP) is 4.02. The summed E-state index contributed by atoms with van der Waals surface area (Å²) in [6, 6.07) is 7.99. The average Bonchev–Trinajstić information content (AvgIpc) is 2.73. The highest BCUT2D eigenvalue weighted by Gasteiger charge is 1.93. The van der Waals surface area contributed by atoms with E-state index in [2.05, 4.69) is 34.3 Å². The number of aromatic nitrogens is 2. The lowest BCUT2D eigenvalue weighted by Crippen LogP contribution is -1.82. The molecule has 2 aromatic rings. The molecule has 0 radical (unpaired) electrons. The molecule has 0 aliphatic rings. The number of allylic oxidation sites excluding steroid dienone is 1. The van der Waals surface area contributed by atoms with Crippen molar-refractivity contribution in [3.63, 3.8) is 0 Å². The van der Waals surface area contributed by atoms with Gasteiger partial charge in [0, 0.05) is 5.02 Å². The third-order valence-corrected chi connectivity index (χ3v) is 2.78. The number of rotatable bonds is 4. The SMILES string of the molecule is Cc1ncc(/C=C/CCc2ccc(Cl)cc2)[nH]1. The number of H-pyrrole nitrogens is 1. The molecule has 17 heavy (non-hydrogen) atoms. The van der Waals surface area contributed by atoms with Crippen LogP contribution in [0.1, 0.15) is 23.5 Å². The molecule has 0 spiro atoms. The lowest BCUT2D eigenvalue weighted by atomic mass is 10.1. The molecule has 0 saturated heterocycles. The summed E-state index contributed by atoms with van der Waals surface area (Å²) in [6.07, 6.45) is 8.10. The Balaban J connectivity index is 1.83. The molecule has 1 aromatic carbocycles. The molecule has 0 atom stereocenters. The zero-order chi connectivity index (χ0) is 12.1. The average molecular weight is 247 g/mol. The molecule has 3 heteroatoms. The topological polar surface area (TPSA) is 28.7 Å². The van der Waals surface area contributed by atoms with Crippen molar-refractivity contribution in [1.82, 2.24) is 9.97 Å². The van der Waals surface area contributed by atoms with Crippen LogP contribution in [0, 0.1) is 6.92 Å². The largest absolute Gasteiger partial charge is 0.343 e. The van der Waals surface area contributed by atoms with Crippen LogP contribution in [-0.4, -0.2) is 9.97 Å². The van der Waals surface area contributed by atoms with Crippen LogP contribution in [0.2, 0.25) is 5.02 Å². The van der Waals surface area contributed by atoms with Crippen molar-refractivity contribution < 1.29 is 0 Å². The third kappa shape index (κ3) is 3.75. The molecule has 88 valence electrons. The van der Waals surface area contributed by atoms with E-state index in [9.17, 15) is 0 Å². The predicted molar refractivity (Wildman–Crippen MR) is 72.1 cm³/mol. The van der Waals surface area contributed by atoms with Gasteiger partial charge in [-0.15, -0.1) is 0 Å². The summed E-state index contributed by atoms with van der Waals surface area (Å²) in [5.74, 6) is 0.947. The number of hydrogen-bond acceptors (Lipinski definition) is 1. The van der Waals surface area contributed by atoms with E-state index in [1.165, 1.54) is 5.56 Å².